The minimum atomic E-state index is -3.26. The number of carbonyl (C=O) groups is 1. The molecule has 1 fully saturated rings. The normalized spacial score (nSPS) is 19.3. The fourth-order valence-corrected chi connectivity index (χ4v) is 6.05. The molecule has 0 N–H and O–H groups in total. The number of piperidine rings is 1. The largest absolute Gasteiger partial charge is 0.311 e. The molecule has 0 atom stereocenters. The summed E-state index contributed by atoms with van der Waals surface area (Å²) in [5, 5.41) is 0.680. The Balaban J connectivity index is 1.72. The highest BCUT2D eigenvalue weighted by molar-refractivity contribution is 7.89. The summed E-state index contributed by atoms with van der Waals surface area (Å²) in [6.45, 7) is 3.05. The number of hydrogen-bond acceptors (Lipinski definition) is 3. The molecule has 0 radical (unpaired) electrons. The average Bonchev–Trinajstić information content (AvgIpc) is 2.78. The third kappa shape index (κ3) is 3.77. The number of hydrogen-bond donors (Lipinski definition) is 0. The third-order valence-electron chi connectivity index (χ3n) is 6.48. The van der Waals surface area contributed by atoms with Gasteiger partial charge in [0.15, 0.2) is 0 Å². The van der Waals surface area contributed by atoms with E-state index in [2.05, 4.69) is 0 Å². The number of aryl methyl sites for hydroxylation is 1. The number of rotatable bonds is 4. The van der Waals surface area contributed by atoms with Crippen LogP contribution in [0.3, 0.4) is 0 Å². The molecule has 0 spiro atoms. The third-order valence-corrected chi connectivity index (χ3v) is 8.59. The summed E-state index contributed by atoms with van der Waals surface area (Å²) in [5.41, 5.74) is 2.26. The second kappa shape index (κ2) is 8.33. The van der Waals surface area contributed by atoms with Gasteiger partial charge in [0.1, 0.15) is 0 Å². The molecule has 30 heavy (non-hydrogen) atoms. The number of anilines is 1. The van der Waals surface area contributed by atoms with Crippen LogP contribution in [-0.2, 0) is 26.7 Å². The Kier molecular flexibility index (Phi) is 5.93. The van der Waals surface area contributed by atoms with Crippen LogP contribution in [0, 0.1) is 0 Å². The van der Waals surface area contributed by atoms with Gasteiger partial charge in [-0.05, 0) is 61.9 Å². The SMILES string of the molecule is CCS(=O)(=O)N1CCC(C(=O)N2CCCc3cc(Cl)ccc32)(c2ccccc2)CC1. The van der Waals surface area contributed by atoms with Crippen LogP contribution < -0.4 is 4.90 Å². The maximum Gasteiger partial charge on any atom is 0.237 e. The summed E-state index contributed by atoms with van der Waals surface area (Å²) in [5.74, 6) is 0.144. The van der Waals surface area contributed by atoms with E-state index in [1.54, 1.807) is 6.92 Å². The number of nitrogens with zero attached hydrogens (tertiary/aromatic N) is 2. The highest BCUT2D eigenvalue weighted by atomic mass is 35.5. The van der Waals surface area contributed by atoms with E-state index in [1.807, 2.05) is 53.4 Å². The van der Waals surface area contributed by atoms with Gasteiger partial charge < -0.3 is 4.90 Å². The second-order valence-electron chi connectivity index (χ2n) is 8.08. The summed E-state index contributed by atoms with van der Waals surface area (Å²) >= 11 is 6.18. The van der Waals surface area contributed by atoms with Crippen LogP contribution in [0.15, 0.2) is 48.5 Å². The van der Waals surface area contributed by atoms with Crippen molar-refractivity contribution in [2.45, 2.75) is 38.0 Å². The van der Waals surface area contributed by atoms with Crippen molar-refractivity contribution in [2.24, 2.45) is 0 Å². The Morgan fingerprint density at radius 1 is 1.07 bits per heavy atom. The van der Waals surface area contributed by atoms with E-state index in [1.165, 1.54) is 4.31 Å². The van der Waals surface area contributed by atoms with Gasteiger partial charge in [-0.25, -0.2) is 12.7 Å². The lowest BCUT2D eigenvalue weighted by Crippen LogP contribution is -2.55. The van der Waals surface area contributed by atoms with Crippen LogP contribution in [0.25, 0.3) is 0 Å². The summed E-state index contributed by atoms with van der Waals surface area (Å²) in [6, 6.07) is 15.5. The molecule has 1 saturated heterocycles. The van der Waals surface area contributed by atoms with Gasteiger partial charge in [-0.3, -0.25) is 4.79 Å². The second-order valence-corrected chi connectivity index (χ2v) is 10.8. The first-order valence-corrected chi connectivity index (χ1v) is 12.5. The zero-order valence-electron chi connectivity index (χ0n) is 17.2. The number of carbonyl (C=O) groups excluding carboxylic acids is 1. The van der Waals surface area contributed by atoms with Crippen molar-refractivity contribution in [3.8, 4) is 0 Å². The molecule has 0 aromatic heterocycles. The maximum atomic E-state index is 14.1. The molecule has 2 aromatic carbocycles. The summed E-state index contributed by atoms with van der Waals surface area (Å²) in [4.78, 5) is 16.0. The molecule has 0 saturated carbocycles. The molecule has 2 aliphatic heterocycles. The molecule has 0 bridgehead atoms. The molecule has 7 heteroatoms. The van der Waals surface area contributed by atoms with Gasteiger partial charge in [0.25, 0.3) is 0 Å². The Bertz CT molecular complexity index is 1030. The number of benzene rings is 2. The molecule has 2 heterocycles. The van der Waals surface area contributed by atoms with E-state index < -0.39 is 15.4 Å². The quantitative estimate of drug-likeness (QED) is 0.713. The number of sulfonamides is 1. The van der Waals surface area contributed by atoms with Gasteiger partial charge in [-0.1, -0.05) is 41.9 Å². The Labute approximate surface area is 183 Å². The van der Waals surface area contributed by atoms with Gasteiger partial charge in [-0.15, -0.1) is 0 Å². The number of halogens is 1. The van der Waals surface area contributed by atoms with Crippen molar-refractivity contribution in [2.75, 3.05) is 30.3 Å². The maximum absolute atomic E-state index is 14.1. The summed E-state index contributed by atoms with van der Waals surface area (Å²) in [6.07, 6.45) is 2.75. The van der Waals surface area contributed by atoms with Crippen LogP contribution in [-0.4, -0.2) is 44.0 Å². The van der Waals surface area contributed by atoms with Gasteiger partial charge in [0.2, 0.25) is 15.9 Å². The van der Waals surface area contributed by atoms with Crippen molar-refractivity contribution in [3.05, 3.63) is 64.7 Å². The van der Waals surface area contributed by atoms with Crippen LogP contribution in [0.1, 0.15) is 37.3 Å². The lowest BCUT2D eigenvalue weighted by molar-refractivity contribution is -0.125. The van der Waals surface area contributed by atoms with Crippen LogP contribution in [0.5, 0.6) is 0 Å². The van der Waals surface area contributed by atoms with E-state index in [0.29, 0.717) is 37.5 Å². The predicted molar refractivity (Wildman–Crippen MR) is 121 cm³/mol. The van der Waals surface area contributed by atoms with Gasteiger partial charge in [0.05, 0.1) is 11.2 Å². The molecule has 0 aliphatic carbocycles. The lowest BCUT2D eigenvalue weighted by Gasteiger charge is -2.44. The summed E-state index contributed by atoms with van der Waals surface area (Å²) in [7, 11) is -3.26. The Morgan fingerprint density at radius 2 is 1.77 bits per heavy atom. The molecule has 5 nitrogen and oxygen atoms in total. The average molecular weight is 447 g/mol. The molecule has 160 valence electrons. The molecule has 2 aliphatic rings. The van der Waals surface area contributed by atoms with Crippen molar-refractivity contribution in [1.82, 2.24) is 4.31 Å². The van der Waals surface area contributed by atoms with E-state index >= 15 is 0 Å². The fourth-order valence-electron chi connectivity index (χ4n) is 4.75. The van der Waals surface area contributed by atoms with E-state index in [4.69, 9.17) is 11.6 Å². The smallest absolute Gasteiger partial charge is 0.237 e. The molecule has 2 aromatic rings. The van der Waals surface area contributed by atoms with E-state index in [9.17, 15) is 13.2 Å². The van der Waals surface area contributed by atoms with Gasteiger partial charge in [-0.2, -0.15) is 0 Å². The Morgan fingerprint density at radius 3 is 2.43 bits per heavy atom. The molecule has 4 rings (SSSR count). The molecule has 1 amide bonds. The van der Waals surface area contributed by atoms with Gasteiger partial charge >= 0.3 is 0 Å². The van der Waals surface area contributed by atoms with Crippen molar-refractivity contribution < 1.29 is 13.2 Å². The van der Waals surface area contributed by atoms with Crippen molar-refractivity contribution in [1.29, 1.82) is 0 Å². The van der Waals surface area contributed by atoms with Crippen molar-refractivity contribution >= 4 is 33.2 Å². The van der Waals surface area contributed by atoms with Crippen LogP contribution in [0.4, 0.5) is 5.69 Å². The monoisotopic (exact) mass is 446 g/mol. The minimum absolute atomic E-state index is 0.0607. The highest BCUT2D eigenvalue weighted by Gasteiger charge is 2.47. The van der Waals surface area contributed by atoms with E-state index in [0.717, 1.165) is 29.7 Å². The minimum Gasteiger partial charge on any atom is -0.311 e. The van der Waals surface area contributed by atoms with Gasteiger partial charge in [0, 0.05) is 30.3 Å². The molecular formula is C23H27ClN2O3S. The lowest BCUT2D eigenvalue weighted by atomic mass is 9.71. The number of fused-ring (bicyclic) bond motifs is 1. The number of amides is 1. The zero-order valence-corrected chi connectivity index (χ0v) is 18.8. The molecule has 0 unspecified atom stereocenters. The zero-order chi connectivity index (χ0) is 21.4. The highest BCUT2D eigenvalue weighted by Crippen LogP contribution is 2.41. The van der Waals surface area contributed by atoms with Crippen molar-refractivity contribution in [3.63, 3.8) is 0 Å². The summed E-state index contributed by atoms with van der Waals surface area (Å²) < 4.78 is 26.3. The fraction of sp³-hybridized carbons (Fsp3) is 0.435. The molecular weight excluding hydrogens is 420 g/mol. The topological polar surface area (TPSA) is 57.7 Å². The van der Waals surface area contributed by atoms with E-state index in [-0.39, 0.29) is 11.7 Å². The first-order chi connectivity index (χ1) is 14.4. The van der Waals surface area contributed by atoms with Crippen LogP contribution >= 0.6 is 11.6 Å². The standard InChI is InChI=1S/C23H27ClN2O3S/c1-2-30(28,29)25-15-12-23(13-16-25,19-8-4-3-5-9-19)22(27)26-14-6-7-18-17-20(24)10-11-21(18)26/h3-5,8-11,17H,2,6-7,12-16H2,1H3. The first-order valence-electron chi connectivity index (χ1n) is 10.5. The predicted octanol–water partition coefficient (Wildman–Crippen LogP) is 4.00. The Hall–Kier alpha value is -1.89. The first kappa shape index (κ1) is 21.3. The van der Waals surface area contributed by atoms with Crippen LogP contribution in [0.2, 0.25) is 5.02 Å².